The second-order valence-electron chi connectivity index (χ2n) is 2.86. The van der Waals surface area contributed by atoms with E-state index >= 15 is 0 Å². The van der Waals surface area contributed by atoms with Gasteiger partial charge in [-0.05, 0) is 12.1 Å². The molecule has 0 aliphatic rings. The Hall–Kier alpha value is -0.620. The van der Waals surface area contributed by atoms with Gasteiger partial charge in [0.1, 0.15) is 6.35 Å². The summed E-state index contributed by atoms with van der Waals surface area (Å²) in [6.07, 6.45) is 0.0302. The van der Waals surface area contributed by atoms with Gasteiger partial charge < -0.3 is 19.0 Å². The van der Waals surface area contributed by atoms with Crippen LogP contribution in [0, 0.1) is 0 Å². The van der Waals surface area contributed by atoms with Crippen LogP contribution in [0.3, 0.4) is 0 Å². The van der Waals surface area contributed by atoms with Crippen molar-refractivity contribution in [3.05, 3.63) is 30.3 Å². The van der Waals surface area contributed by atoms with Crippen LogP contribution < -0.4 is 4.84 Å². The maximum atomic E-state index is 9.33. The number of aromatic amines is 2. The Kier molecular flexibility index (Phi) is 5.25. The first kappa shape index (κ1) is 12.8. The summed E-state index contributed by atoms with van der Waals surface area (Å²) in [5.41, 5.74) is 0. The molecule has 0 radical (unpaired) electrons. The zero-order valence-corrected chi connectivity index (χ0v) is 12.5. The zero-order chi connectivity index (χ0) is 11.9. The molecule has 0 saturated heterocycles. The van der Waals surface area contributed by atoms with Gasteiger partial charge >= 0.3 is 0 Å². The van der Waals surface area contributed by atoms with E-state index in [1.165, 1.54) is 0 Å². The van der Waals surface area contributed by atoms with Crippen LogP contribution in [0.15, 0.2) is 30.3 Å². The highest BCUT2D eigenvalue weighted by atomic mass is 31.2. The summed E-state index contributed by atoms with van der Waals surface area (Å²) in [6.45, 7) is 0. The summed E-state index contributed by atoms with van der Waals surface area (Å²) in [6, 6.07) is 9.51. The summed E-state index contributed by atoms with van der Waals surface area (Å²) in [5, 5.41) is 9.33. The highest BCUT2D eigenvalue weighted by Gasteiger charge is 1.98. The summed E-state index contributed by atoms with van der Waals surface area (Å²) in [4.78, 5) is 5.71. The van der Waals surface area contributed by atoms with Gasteiger partial charge in [0.05, 0.1) is 7.85 Å². The minimum atomic E-state index is -0.935. The second kappa shape index (κ2) is 6.96. The van der Waals surface area contributed by atoms with E-state index < -0.39 is 7.85 Å². The van der Waals surface area contributed by atoms with Crippen molar-refractivity contribution in [3.63, 3.8) is 0 Å². The third-order valence-corrected chi connectivity index (χ3v) is 6.82. The Balaban J connectivity index is 2.35. The predicted molar refractivity (Wildman–Crippen MR) is 75.1 cm³/mol. The largest absolute Gasteiger partial charge is 0.385 e. The topological polar surface area (TPSA) is 78.9 Å². The fraction of sp³-hybridized carbons (Fsp3) is 0.143. The maximum absolute atomic E-state index is 9.33. The fourth-order valence-electron chi connectivity index (χ4n) is 1.03. The molecule has 1 aromatic heterocycles. The summed E-state index contributed by atoms with van der Waals surface area (Å²) >= 11 is 0. The van der Waals surface area contributed by atoms with Crippen molar-refractivity contribution in [1.82, 2.24) is 17.8 Å². The normalized spacial score (nSPS) is 12.2. The molecular weight excluding hydrogens is 296 g/mol. The van der Waals surface area contributed by atoms with E-state index in [4.69, 9.17) is 4.84 Å². The molecule has 0 aliphatic heterocycles. The van der Waals surface area contributed by atoms with E-state index in [-0.39, 0.29) is 6.35 Å². The lowest BCUT2D eigenvalue weighted by molar-refractivity contribution is 0.263. The van der Waals surface area contributed by atoms with Gasteiger partial charge in [-0.1, -0.05) is 18.2 Å². The van der Waals surface area contributed by atoms with E-state index in [1.54, 1.807) is 4.26 Å². The average Bonchev–Trinajstić information content (AvgIpc) is 2.34. The van der Waals surface area contributed by atoms with E-state index in [0.717, 1.165) is 5.75 Å². The lowest BCUT2D eigenvalue weighted by Gasteiger charge is -2.09. The molecule has 2 aromatic rings. The van der Waals surface area contributed by atoms with E-state index in [2.05, 4.69) is 13.5 Å². The lowest BCUT2D eigenvalue weighted by atomic mass is 10.3. The molecule has 0 aliphatic carbocycles. The van der Waals surface area contributed by atoms with E-state index in [9.17, 15) is 5.11 Å². The van der Waals surface area contributed by atoms with Gasteiger partial charge in [-0.2, -0.15) is 4.51 Å². The number of para-hydroxylation sites is 1. The monoisotopic (exact) mass is 308 g/mol. The minimum Gasteiger partial charge on any atom is -0.385 e. The number of aliphatic hydroxyl groups is 1. The number of hydrogen-bond donors (Lipinski definition) is 3. The molecule has 0 amide bonds. The van der Waals surface area contributed by atoms with Crippen LogP contribution >= 0.6 is 33.4 Å². The first-order chi connectivity index (χ1) is 8.40. The molecule has 6 nitrogen and oxygen atoms in total. The predicted octanol–water partition coefficient (Wildman–Crippen LogP) is 3.21. The minimum absolute atomic E-state index is 0.0302. The van der Waals surface area contributed by atoms with Gasteiger partial charge in [0.2, 0.25) is 0 Å². The van der Waals surface area contributed by atoms with Crippen molar-refractivity contribution in [2.24, 2.45) is 0 Å². The smallest absolute Gasteiger partial charge is 0.182 e. The Morgan fingerprint density at radius 2 is 2.29 bits per heavy atom. The second-order valence-corrected chi connectivity index (χ2v) is 8.33. The highest BCUT2D eigenvalue weighted by Crippen LogP contribution is 2.27. The molecule has 0 bridgehead atoms. The Morgan fingerprint density at radius 3 is 3.06 bits per heavy atom. The number of benzene rings is 1. The van der Waals surface area contributed by atoms with Gasteiger partial charge in [0.15, 0.2) is 14.3 Å². The van der Waals surface area contributed by atoms with Crippen molar-refractivity contribution < 1.29 is 9.94 Å². The van der Waals surface area contributed by atoms with Crippen LogP contribution in [0.1, 0.15) is 0 Å². The van der Waals surface area contributed by atoms with Crippen LogP contribution in [0.25, 0.3) is 0 Å². The first-order valence-electron chi connectivity index (χ1n) is 4.73. The van der Waals surface area contributed by atoms with Crippen LogP contribution in [0.5, 0.6) is 5.75 Å². The van der Waals surface area contributed by atoms with Gasteiger partial charge in [0, 0.05) is 17.0 Å². The number of aliphatic hydroxyl groups excluding tert-OH is 1. The zero-order valence-electron chi connectivity index (χ0n) is 8.74. The molecule has 0 saturated carbocycles. The Labute approximate surface area is 104 Å². The van der Waals surface area contributed by atoms with Crippen molar-refractivity contribution in [2.75, 3.05) is 0 Å². The molecule has 3 unspecified atom stereocenters. The summed E-state index contributed by atoms with van der Waals surface area (Å²) in [5.74, 6) is 0.748. The number of H-pyrrole nitrogens is 2. The molecule has 10 heteroatoms. The molecule has 0 spiro atoms. The maximum Gasteiger partial charge on any atom is 0.182 e. The van der Waals surface area contributed by atoms with Crippen LogP contribution in [0.2, 0.25) is 0 Å². The molecule has 3 N–H and O–H groups in total. The SMILES string of the molecule is OCp1[nH][pH][nH][pH]npn1Oc1ccccc1. The molecule has 1 heterocycles. The number of aromatic nitrogens is 4. The summed E-state index contributed by atoms with van der Waals surface area (Å²) in [7, 11) is 0.504. The van der Waals surface area contributed by atoms with Crippen LogP contribution in [-0.2, 0) is 6.35 Å². The quantitative estimate of drug-likeness (QED) is 0.814. The molecule has 2 rings (SSSR count). The van der Waals surface area contributed by atoms with Crippen molar-refractivity contribution >= 4 is 33.4 Å². The van der Waals surface area contributed by atoms with Gasteiger partial charge in [0.25, 0.3) is 0 Å². The number of hydrogen-bond acceptors (Lipinski definition) is 3. The summed E-state index contributed by atoms with van der Waals surface area (Å²) < 4.78 is 12.3. The van der Waals surface area contributed by atoms with Gasteiger partial charge in [-0.3, -0.25) is 0 Å². The molecule has 92 valence electrons. The first-order valence-corrected chi connectivity index (χ1v) is 8.95. The Bertz CT molecular complexity index is 516. The lowest BCUT2D eigenvalue weighted by Crippen LogP contribution is -2.00. The molecule has 0 fully saturated rings. The van der Waals surface area contributed by atoms with Crippen molar-refractivity contribution in [2.45, 2.75) is 6.35 Å². The van der Waals surface area contributed by atoms with Crippen LogP contribution in [-0.4, -0.2) is 22.9 Å². The Morgan fingerprint density at radius 1 is 1.47 bits per heavy atom. The molecule has 3 atom stereocenters. The van der Waals surface area contributed by atoms with E-state index in [1.807, 2.05) is 30.3 Å². The van der Waals surface area contributed by atoms with E-state index in [0.29, 0.717) is 25.5 Å². The molecular formula is C7H12N4O2P4. The fourth-order valence-corrected chi connectivity index (χ4v) is 6.01. The van der Waals surface area contributed by atoms with Crippen LogP contribution in [0.4, 0.5) is 0 Å². The van der Waals surface area contributed by atoms with Gasteiger partial charge in [-0.25, -0.2) is 0 Å². The third-order valence-electron chi connectivity index (χ3n) is 1.75. The highest BCUT2D eigenvalue weighted by molar-refractivity contribution is 7.52. The van der Waals surface area contributed by atoms with Crippen molar-refractivity contribution in [3.8, 4) is 5.75 Å². The standard InChI is InChI=1S/C7H12N4O2P4/c12-6-17-10-15-8-14-9-16-11(17)13-7-4-2-1-3-5-7/h1-5,8,10,12,14-15H,6H2. The number of rotatable bonds is 3. The molecule has 1 aromatic carbocycles. The molecule has 17 heavy (non-hydrogen) atoms. The van der Waals surface area contributed by atoms with Crippen molar-refractivity contribution in [1.29, 1.82) is 0 Å². The number of nitrogens with one attached hydrogen (secondary N) is 2. The average molecular weight is 308 g/mol. The number of nitrogens with zero attached hydrogens (tertiary/aromatic N) is 2. The third kappa shape index (κ3) is 3.96. The van der Waals surface area contributed by atoms with Gasteiger partial charge in [-0.15, -0.1) is 4.26 Å².